The van der Waals surface area contributed by atoms with Crippen LogP contribution in [0.5, 0.6) is 0 Å². The fourth-order valence-corrected chi connectivity index (χ4v) is 1.90. The summed E-state index contributed by atoms with van der Waals surface area (Å²) < 4.78 is 5.27. The maximum Gasteiger partial charge on any atom is 0.220 e. The summed E-state index contributed by atoms with van der Waals surface area (Å²) in [6, 6.07) is 0.148. The first-order chi connectivity index (χ1) is 8.08. The second-order valence-electron chi connectivity index (χ2n) is 4.77. The van der Waals surface area contributed by atoms with Crippen LogP contribution < -0.4 is 5.32 Å². The van der Waals surface area contributed by atoms with Crippen LogP contribution in [0, 0.1) is 0 Å². The van der Waals surface area contributed by atoms with Crippen molar-refractivity contribution in [3.63, 3.8) is 0 Å². The van der Waals surface area contributed by atoms with Crippen LogP contribution in [0.4, 0.5) is 0 Å². The third-order valence-corrected chi connectivity index (χ3v) is 2.83. The Morgan fingerprint density at radius 1 is 1.41 bits per heavy atom. The molecule has 100 valence electrons. The number of carbonyl (C=O) groups excluding carboxylic acids is 1. The molecular weight excluding hydrogens is 220 g/mol. The van der Waals surface area contributed by atoms with Crippen molar-refractivity contribution < 1.29 is 14.6 Å². The van der Waals surface area contributed by atoms with E-state index in [0.29, 0.717) is 12.8 Å². The van der Waals surface area contributed by atoms with Gasteiger partial charge < -0.3 is 15.2 Å². The van der Waals surface area contributed by atoms with Crippen LogP contribution >= 0.6 is 0 Å². The molecule has 17 heavy (non-hydrogen) atoms. The van der Waals surface area contributed by atoms with Gasteiger partial charge in [-0.3, -0.25) is 9.69 Å². The topological polar surface area (TPSA) is 61.8 Å². The van der Waals surface area contributed by atoms with Gasteiger partial charge in [0.2, 0.25) is 5.91 Å². The first-order valence-electron chi connectivity index (χ1n) is 6.35. The lowest BCUT2D eigenvalue weighted by Crippen LogP contribution is -2.46. The number of nitrogens with one attached hydrogen (secondary N) is 1. The van der Waals surface area contributed by atoms with E-state index in [4.69, 9.17) is 9.84 Å². The normalized spacial score (nSPS) is 20.9. The van der Waals surface area contributed by atoms with Gasteiger partial charge in [-0.05, 0) is 20.3 Å². The van der Waals surface area contributed by atoms with E-state index in [1.807, 2.05) is 6.92 Å². The number of hydrogen-bond donors (Lipinski definition) is 2. The lowest BCUT2D eigenvalue weighted by Gasteiger charge is -2.29. The zero-order chi connectivity index (χ0) is 12.7. The minimum absolute atomic E-state index is 0.0201. The second-order valence-corrected chi connectivity index (χ2v) is 4.77. The van der Waals surface area contributed by atoms with Gasteiger partial charge in [0.25, 0.3) is 0 Å². The Hall–Kier alpha value is -0.650. The highest BCUT2D eigenvalue weighted by Crippen LogP contribution is 2.00. The Balaban J connectivity index is 2.14. The molecule has 1 aliphatic rings. The predicted octanol–water partition coefficient (Wildman–Crippen LogP) is -0.0157. The van der Waals surface area contributed by atoms with Crippen molar-refractivity contribution in [2.24, 2.45) is 0 Å². The largest absolute Gasteiger partial charge is 0.393 e. The Bertz CT molecular complexity index is 228. The van der Waals surface area contributed by atoms with Gasteiger partial charge in [-0.25, -0.2) is 0 Å². The monoisotopic (exact) mass is 244 g/mol. The summed E-state index contributed by atoms with van der Waals surface area (Å²) in [6.07, 6.45) is 0.511. The highest BCUT2D eigenvalue weighted by atomic mass is 16.5. The van der Waals surface area contributed by atoms with Crippen LogP contribution in [0.1, 0.15) is 26.7 Å². The molecule has 0 aromatic carbocycles. The smallest absolute Gasteiger partial charge is 0.220 e. The van der Waals surface area contributed by atoms with Gasteiger partial charge in [-0.1, -0.05) is 0 Å². The molecule has 0 spiro atoms. The minimum atomic E-state index is -0.407. The highest BCUT2D eigenvalue weighted by molar-refractivity contribution is 5.76. The molecule has 0 aliphatic carbocycles. The Morgan fingerprint density at radius 3 is 2.65 bits per heavy atom. The van der Waals surface area contributed by atoms with Crippen LogP contribution in [0.25, 0.3) is 0 Å². The third kappa shape index (κ3) is 6.61. The van der Waals surface area contributed by atoms with Crippen molar-refractivity contribution in [2.75, 3.05) is 32.8 Å². The van der Waals surface area contributed by atoms with Crippen LogP contribution in [-0.4, -0.2) is 60.9 Å². The van der Waals surface area contributed by atoms with Gasteiger partial charge in [0.15, 0.2) is 0 Å². The van der Waals surface area contributed by atoms with Crippen molar-refractivity contribution in [1.29, 1.82) is 0 Å². The summed E-state index contributed by atoms with van der Waals surface area (Å²) in [5.41, 5.74) is 0. The van der Waals surface area contributed by atoms with E-state index >= 15 is 0 Å². The molecule has 1 aliphatic heterocycles. The van der Waals surface area contributed by atoms with E-state index in [1.165, 1.54) is 0 Å². The molecule has 5 nitrogen and oxygen atoms in total. The molecule has 1 fully saturated rings. The first kappa shape index (κ1) is 14.4. The zero-order valence-electron chi connectivity index (χ0n) is 10.8. The fraction of sp³-hybridized carbons (Fsp3) is 0.917. The number of nitrogens with zero attached hydrogens (tertiary/aromatic N) is 1. The molecule has 0 radical (unpaired) electrons. The van der Waals surface area contributed by atoms with E-state index in [9.17, 15) is 4.79 Å². The van der Waals surface area contributed by atoms with Crippen molar-refractivity contribution in [2.45, 2.75) is 38.8 Å². The van der Waals surface area contributed by atoms with E-state index in [2.05, 4.69) is 10.2 Å². The average molecular weight is 244 g/mol. The molecule has 1 rings (SSSR count). The van der Waals surface area contributed by atoms with Gasteiger partial charge in [-0.15, -0.1) is 0 Å². The summed E-state index contributed by atoms with van der Waals surface area (Å²) >= 11 is 0. The summed E-state index contributed by atoms with van der Waals surface area (Å²) in [5, 5.41) is 12.0. The first-order valence-corrected chi connectivity index (χ1v) is 6.35. The second kappa shape index (κ2) is 7.63. The van der Waals surface area contributed by atoms with E-state index in [0.717, 1.165) is 32.8 Å². The van der Waals surface area contributed by atoms with E-state index in [1.54, 1.807) is 6.92 Å². The Morgan fingerprint density at radius 2 is 2.06 bits per heavy atom. The molecule has 0 bridgehead atoms. The molecule has 2 atom stereocenters. The van der Waals surface area contributed by atoms with Gasteiger partial charge >= 0.3 is 0 Å². The number of aliphatic hydroxyl groups excluding tert-OH is 1. The predicted molar refractivity (Wildman–Crippen MR) is 65.8 cm³/mol. The van der Waals surface area contributed by atoms with Crippen molar-refractivity contribution >= 4 is 5.91 Å². The summed E-state index contributed by atoms with van der Waals surface area (Å²) in [7, 11) is 0. The molecule has 1 amide bonds. The molecule has 0 aromatic heterocycles. The maximum atomic E-state index is 11.5. The van der Waals surface area contributed by atoms with Gasteiger partial charge in [0.1, 0.15) is 0 Å². The number of morpholine rings is 1. The minimum Gasteiger partial charge on any atom is -0.393 e. The quantitative estimate of drug-likeness (QED) is 0.689. The van der Waals surface area contributed by atoms with E-state index in [-0.39, 0.29) is 11.9 Å². The number of carbonyl (C=O) groups is 1. The Labute approximate surface area is 103 Å². The van der Waals surface area contributed by atoms with E-state index < -0.39 is 6.10 Å². The number of hydrogen-bond acceptors (Lipinski definition) is 4. The molecule has 5 heteroatoms. The third-order valence-electron chi connectivity index (χ3n) is 2.83. The SMILES string of the molecule is CC(O)CCC(=O)NC(C)CN1CCOCC1. The van der Waals surface area contributed by atoms with Crippen LogP contribution in [0.3, 0.4) is 0 Å². The fourth-order valence-electron chi connectivity index (χ4n) is 1.90. The maximum absolute atomic E-state index is 11.5. The summed E-state index contributed by atoms with van der Waals surface area (Å²) in [4.78, 5) is 13.8. The molecular formula is C12H24N2O3. The number of aliphatic hydroxyl groups is 1. The van der Waals surface area contributed by atoms with Crippen LogP contribution in [-0.2, 0) is 9.53 Å². The summed E-state index contributed by atoms with van der Waals surface area (Å²) in [5.74, 6) is 0.0201. The number of amides is 1. The average Bonchev–Trinajstić information content (AvgIpc) is 2.27. The lowest BCUT2D eigenvalue weighted by molar-refractivity contribution is -0.122. The summed E-state index contributed by atoms with van der Waals surface area (Å²) in [6.45, 7) is 8.01. The number of rotatable bonds is 6. The molecule has 2 unspecified atom stereocenters. The van der Waals surface area contributed by atoms with Crippen molar-refractivity contribution in [1.82, 2.24) is 10.2 Å². The standard InChI is InChI=1S/C12H24N2O3/c1-10(9-14-5-7-17-8-6-14)13-12(16)4-3-11(2)15/h10-11,15H,3-9H2,1-2H3,(H,13,16). The van der Waals surface area contributed by atoms with Gasteiger partial charge in [0.05, 0.1) is 19.3 Å². The van der Waals surface area contributed by atoms with Crippen LogP contribution in [0.15, 0.2) is 0 Å². The van der Waals surface area contributed by atoms with Gasteiger partial charge in [-0.2, -0.15) is 0 Å². The Kier molecular flexibility index (Phi) is 6.47. The molecule has 0 saturated carbocycles. The molecule has 2 N–H and O–H groups in total. The van der Waals surface area contributed by atoms with Gasteiger partial charge in [0, 0.05) is 32.1 Å². The molecule has 0 aromatic rings. The molecule has 1 saturated heterocycles. The van der Waals surface area contributed by atoms with Crippen LogP contribution in [0.2, 0.25) is 0 Å². The lowest BCUT2D eigenvalue weighted by atomic mass is 10.2. The zero-order valence-corrected chi connectivity index (χ0v) is 10.8. The van der Waals surface area contributed by atoms with Crippen molar-refractivity contribution in [3.8, 4) is 0 Å². The number of ether oxygens (including phenoxy) is 1. The molecule has 1 heterocycles. The van der Waals surface area contributed by atoms with Crippen molar-refractivity contribution in [3.05, 3.63) is 0 Å². The highest BCUT2D eigenvalue weighted by Gasteiger charge is 2.15.